The van der Waals surface area contributed by atoms with Crippen LogP contribution >= 0.6 is 0 Å². The highest BCUT2D eigenvalue weighted by atomic mass is 16.1. The first-order valence-corrected chi connectivity index (χ1v) is 5.64. The molecule has 0 aliphatic carbocycles. The minimum atomic E-state index is -0.544. The Balaban J connectivity index is 2.11. The number of nitrogens with two attached hydrogens (primary N) is 1. The lowest BCUT2D eigenvalue weighted by molar-refractivity contribution is 0.0994. The summed E-state index contributed by atoms with van der Waals surface area (Å²) in [6, 6.07) is 1.51. The van der Waals surface area contributed by atoms with Crippen LogP contribution in [0, 0.1) is 0 Å². The first-order valence-electron chi connectivity index (χ1n) is 5.64. The van der Waals surface area contributed by atoms with Crippen molar-refractivity contribution in [3.05, 3.63) is 41.2 Å². The molecular weight excluding hydrogens is 232 g/mol. The molecule has 3 heterocycles. The molecule has 7 nitrogen and oxygen atoms in total. The van der Waals surface area contributed by atoms with E-state index in [2.05, 4.69) is 25.5 Å². The van der Waals surface area contributed by atoms with Crippen LogP contribution in [0.25, 0.3) is 0 Å². The van der Waals surface area contributed by atoms with Crippen molar-refractivity contribution in [2.75, 3.05) is 6.54 Å². The second kappa shape index (κ2) is 4.19. The fraction of sp³-hybridized carbons (Fsp3) is 0.273. The number of primary amides is 1. The number of amides is 1. The minimum Gasteiger partial charge on any atom is -0.364 e. The molecule has 0 radical (unpaired) electrons. The predicted molar refractivity (Wildman–Crippen MR) is 62.7 cm³/mol. The van der Waals surface area contributed by atoms with Crippen molar-refractivity contribution in [3.63, 3.8) is 0 Å². The van der Waals surface area contributed by atoms with Gasteiger partial charge in [0.2, 0.25) is 0 Å². The normalized spacial score (nSPS) is 18.3. The summed E-state index contributed by atoms with van der Waals surface area (Å²) in [5, 5.41) is 10.1. The van der Waals surface area contributed by atoms with Crippen LogP contribution in [-0.2, 0) is 6.42 Å². The Morgan fingerprint density at radius 3 is 2.89 bits per heavy atom. The van der Waals surface area contributed by atoms with Gasteiger partial charge in [-0.05, 0) is 6.07 Å². The number of carbonyl (C=O) groups is 1. The summed E-state index contributed by atoms with van der Waals surface area (Å²) >= 11 is 0. The first-order chi connectivity index (χ1) is 8.77. The summed E-state index contributed by atoms with van der Waals surface area (Å²) in [5.74, 6) is 0.0690. The zero-order valence-electron chi connectivity index (χ0n) is 9.55. The Hall–Kier alpha value is -2.28. The van der Waals surface area contributed by atoms with E-state index < -0.39 is 5.91 Å². The Labute approximate surface area is 103 Å². The summed E-state index contributed by atoms with van der Waals surface area (Å²) in [7, 11) is 0. The second-order valence-corrected chi connectivity index (χ2v) is 4.07. The number of H-pyrrole nitrogens is 1. The van der Waals surface area contributed by atoms with E-state index in [0.29, 0.717) is 5.82 Å². The number of hydrogen-bond donors (Lipinski definition) is 3. The summed E-state index contributed by atoms with van der Waals surface area (Å²) in [5.41, 5.74) is 7.27. The van der Waals surface area contributed by atoms with E-state index in [1.54, 1.807) is 18.5 Å². The van der Waals surface area contributed by atoms with Crippen LogP contribution in [0.5, 0.6) is 0 Å². The highest BCUT2D eigenvalue weighted by Crippen LogP contribution is 2.27. The first kappa shape index (κ1) is 10.8. The van der Waals surface area contributed by atoms with Crippen molar-refractivity contribution in [3.8, 4) is 0 Å². The maximum Gasteiger partial charge on any atom is 0.269 e. The van der Waals surface area contributed by atoms with Crippen LogP contribution in [0.15, 0.2) is 18.5 Å². The molecule has 1 atom stereocenters. The number of aromatic amines is 1. The van der Waals surface area contributed by atoms with Gasteiger partial charge in [0.25, 0.3) is 5.91 Å². The molecular formula is C11H12N6O. The number of hydrogen-bond acceptors (Lipinski definition) is 5. The van der Waals surface area contributed by atoms with Crippen LogP contribution in [0.2, 0.25) is 0 Å². The Kier molecular flexibility index (Phi) is 2.52. The fourth-order valence-corrected chi connectivity index (χ4v) is 2.20. The number of aromatic nitrogens is 4. The highest BCUT2D eigenvalue weighted by molar-refractivity contribution is 5.92. The van der Waals surface area contributed by atoms with Gasteiger partial charge in [-0.25, -0.2) is 9.97 Å². The lowest BCUT2D eigenvalue weighted by Crippen LogP contribution is -2.33. The molecule has 2 aromatic heterocycles. The molecule has 92 valence electrons. The Bertz CT molecular complexity index is 578. The zero-order valence-corrected chi connectivity index (χ0v) is 9.55. The van der Waals surface area contributed by atoms with Crippen LogP contribution in [0.4, 0.5) is 0 Å². The standard InChI is InChI=1S/C11H12N6O/c12-10(18)8-7-6(16-17-8)2-5-13-9(7)11-14-3-1-4-15-11/h1,3-4,9,13H,2,5H2,(H2,12,18)(H,16,17). The largest absolute Gasteiger partial charge is 0.364 e. The third-order valence-corrected chi connectivity index (χ3v) is 2.97. The van der Waals surface area contributed by atoms with Crippen LogP contribution < -0.4 is 11.1 Å². The van der Waals surface area contributed by atoms with Gasteiger partial charge in [0.15, 0.2) is 5.69 Å². The molecule has 4 N–H and O–H groups in total. The van der Waals surface area contributed by atoms with Gasteiger partial charge in [0.1, 0.15) is 5.82 Å². The zero-order chi connectivity index (χ0) is 12.5. The molecule has 18 heavy (non-hydrogen) atoms. The van der Waals surface area contributed by atoms with E-state index >= 15 is 0 Å². The van der Waals surface area contributed by atoms with Crippen LogP contribution in [0.3, 0.4) is 0 Å². The predicted octanol–water partition coefficient (Wildman–Crippen LogP) is -0.466. The van der Waals surface area contributed by atoms with Gasteiger partial charge < -0.3 is 11.1 Å². The lowest BCUT2D eigenvalue weighted by Gasteiger charge is -2.22. The summed E-state index contributed by atoms with van der Waals surface area (Å²) in [4.78, 5) is 19.8. The van der Waals surface area contributed by atoms with E-state index in [1.165, 1.54) is 0 Å². The van der Waals surface area contributed by atoms with Gasteiger partial charge in [-0.2, -0.15) is 5.10 Å². The Morgan fingerprint density at radius 2 is 2.17 bits per heavy atom. The average Bonchev–Trinajstić information content (AvgIpc) is 2.83. The molecule has 1 unspecified atom stereocenters. The lowest BCUT2D eigenvalue weighted by atomic mass is 9.97. The van der Waals surface area contributed by atoms with E-state index in [0.717, 1.165) is 24.2 Å². The van der Waals surface area contributed by atoms with Crippen LogP contribution in [-0.4, -0.2) is 32.6 Å². The van der Waals surface area contributed by atoms with Crippen molar-refractivity contribution in [2.45, 2.75) is 12.5 Å². The Morgan fingerprint density at radius 1 is 1.39 bits per heavy atom. The van der Waals surface area contributed by atoms with Crippen LogP contribution in [0.1, 0.15) is 33.6 Å². The van der Waals surface area contributed by atoms with Crippen molar-refractivity contribution in [1.82, 2.24) is 25.5 Å². The molecule has 0 saturated carbocycles. The molecule has 3 rings (SSSR count). The molecule has 0 fully saturated rings. The van der Waals surface area contributed by atoms with Gasteiger partial charge in [-0.3, -0.25) is 9.89 Å². The smallest absolute Gasteiger partial charge is 0.269 e. The molecule has 0 spiro atoms. The van der Waals surface area contributed by atoms with Gasteiger partial charge in [0, 0.05) is 36.6 Å². The molecule has 7 heteroatoms. The van der Waals surface area contributed by atoms with Gasteiger partial charge in [-0.1, -0.05) is 0 Å². The number of carbonyl (C=O) groups excluding carboxylic acids is 1. The highest BCUT2D eigenvalue weighted by Gasteiger charge is 2.30. The maximum atomic E-state index is 11.4. The number of rotatable bonds is 2. The van der Waals surface area contributed by atoms with Gasteiger partial charge >= 0.3 is 0 Å². The molecule has 0 aromatic carbocycles. The number of fused-ring (bicyclic) bond motifs is 1. The second-order valence-electron chi connectivity index (χ2n) is 4.07. The van der Waals surface area contributed by atoms with Crippen molar-refractivity contribution in [2.24, 2.45) is 5.73 Å². The number of nitrogens with zero attached hydrogens (tertiary/aromatic N) is 3. The summed E-state index contributed by atoms with van der Waals surface area (Å²) < 4.78 is 0. The summed E-state index contributed by atoms with van der Waals surface area (Å²) in [6.07, 6.45) is 4.11. The van der Waals surface area contributed by atoms with E-state index in [1.807, 2.05) is 0 Å². The quantitative estimate of drug-likeness (QED) is 0.661. The van der Waals surface area contributed by atoms with E-state index in [4.69, 9.17) is 5.73 Å². The molecule has 1 amide bonds. The third-order valence-electron chi connectivity index (χ3n) is 2.97. The van der Waals surface area contributed by atoms with Crippen molar-refractivity contribution < 1.29 is 4.79 Å². The maximum absolute atomic E-state index is 11.4. The molecule has 1 aliphatic rings. The minimum absolute atomic E-state index is 0.240. The molecule has 0 bridgehead atoms. The topological polar surface area (TPSA) is 110 Å². The van der Waals surface area contributed by atoms with E-state index in [9.17, 15) is 4.79 Å². The number of nitrogens with one attached hydrogen (secondary N) is 2. The third kappa shape index (κ3) is 1.65. The SMILES string of the molecule is NC(=O)c1n[nH]c2c1C(c1ncccn1)NCC2. The molecule has 1 aliphatic heterocycles. The molecule has 2 aromatic rings. The van der Waals surface area contributed by atoms with E-state index in [-0.39, 0.29) is 11.7 Å². The van der Waals surface area contributed by atoms with Gasteiger partial charge in [0.05, 0.1) is 6.04 Å². The average molecular weight is 244 g/mol. The molecule has 0 saturated heterocycles. The van der Waals surface area contributed by atoms with Gasteiger partial charge in [-0.15, -0.1) is 0 Å². The fourth-order valence-electron chi connectivity index (χ4n) is 2.20. The van der Waals surface area contributed by atoms with Crippen molar-refractivity contribution in [1.29, 1.82) is 0 Å². The monoisotopic (exact) mass is 244 g/mol. The van der Waals surface area contributed by atoms with Crippen molar-refractivity contribution >= 4 is 5.91 Å². The summed E-state index contributed by atoms with van der Waals surface area (Å²) in [6.45, 7) is 0.774.